The number of hydrogen-bond donors (Lipinski definition) is 2. The molecule has 0 aliphatic carbocycles. The van der Waals surface area contributed by atoms with Crippen molar-refractivity contribution in [1.82, 2.24) is 15.1 Å². The van der Waals surface area contributed by atoms with E-state index in [1.165, 1.54) is 6.42 Å². The summed E-state index contributed by atoms with van der Waals surface area (Å²) in [6.45, 7) is 9.20. The van der Waals surface area contributed by atoms with E-state index in [0.29, 0.717) is 38.0 Å². The van der Waals surface area contributed by atoms with E-state index < -0.39 is 0 Å². The highest BCUT2D eigenvalue weighted by Crippen LogP contribution is 2.22. The van der Waals surface area contributed by atoms with Gasteiger partial charge in [0.15, 0.2) is 0 Å². The lowest BCUT2D eigenvalue weighted by Crippen LogP contribution is -2.50. The standard InChI is InChI=1S/C17H32N4O2/c1-13-8-14(2)10-21(9-13)16(22)12-20-7-3-4-15(11-20)17(23)19-6-5-18/h13-15H,3-12,18H2,1-2H3,(H,19,23). The predicted molar refractivity (Wildman–Crippen MR) is 90.8 cm³/mol. The van der Waals surface area contributed by atoms with Crippen LogP contribution in [0, 0.1) is 17.8 Å². The minimum Gasteiger partial charge on any atom is -0.355 e. The molecular formula is C17H32N4O2. The lowest BCUT2D eigenvalue weighted by Gasteiger charge is -2.37. The number of piperidine rings is 2. The van der Waals surface area contributed by atoms with Crippen LogP contribution in [0.15, 0.2) is 0 Å². The summed E-state index contributed by atoms with van der Waals surface area (Å²) in [6, 6.07) is 0. The van der Waals surface area contributed by atoms with E-state index in [-0.39, 0.29) is 17.7 Å². The lowest BCUT2D eigenvalue weighted by atomic mass is 9.92. The van der Waals surface area contributed by atoms with E-state index in [0.717, 1.165) is 32.5 Å². The Kier molecular flexibility index (Phi) is 6.84. The fraction of sp³-hybridized carbons (Fsp3) is 0.882. The van der Waals surface area contributed by atoms with Crippen LogP contribution in [0.5, 0.6) is 0 Å². The molecule has 0 aromatic rings. The highest BCUT2D eigenvalue weighted by atomic mass is 16.2. The molecule has 2 fully saturated rings. The van der Waals surface area contributed by atoms with Crippen molar-refractivity contribution >= 4 is 11.8 Å². The number of carbonyl (C=O) groups excluding carboxylic acids is 2. The van der Waals surface area contributed by atoms with Crippen molar-refractivity contribution < 1.29 is 9.59 Å². The van der Waals surface area contributed by atoms with Gasteiger partial charge < -0.3 is 16.0 Å². The van der Waals surface area contributed by atoms with E-state index in [4.69, 9.17) is 5.73 Å². The van der Waals surface area contributed by atoms with Gasteiger partial charge in [-0.25, -0.2) is 0 Å². The molecule has 2 aliphatic rings. The molecule has 6 heteroatoms. The third-order valence-electron chi connectivity index (χ3n) is 4.90. The number of nitrogens with one attached hydrogen (secondary N) is 1. The van der Waals surface area contributed by atoms with E-state index >= 15 is 0 Å². The van der Waals surface area contributed by atoms with Crippen LogP contribution in [0.3, 0.4) is 0 Å². The van der Waals surface area contributed by atoms with Crippen LogP contribution < -0.4 is 11.1 Å². The van der Waals surface area contributed by atoms with Crippen LogP contribution in [0.4, 0.5) is 0 Å². The molecule has 0 radical (unpaired) electrons. The second-order valence-electron chi connectivity index (χ2n) is 7.40. The number of likely N-dealkylation sites (tertiary alicyclic amines) is 2. The van der Waals surface area contributed by atoms with Crippen LogP contribution in [-0.2, 0) is 9.59 Å². The molecule has 3 unspecified atom stereocenters. The predicted octanol–water partition coefficient (Wildman–Crippen LogP) is 0.278. The Bertz CT molecular complexity index is 405. The molecule has 3 atom stereocenters. The van der Waals surface area contributed by atoms with E-state index in [2.05, 4.69) is 24.1 Å². The Balaban J connectivity index is 1.82. The van der Waals surface area contributed by atoms with Crippen LogP contribution in [0.2, 0.25) is 0 Å². The molecule has 2 saturated heterocycles. The highest BCUT2D eigenvalue weighted by Gasteiger charge is 2.30. The SMILES string of the molecule is CC1CC(C)CN(C(=O)CN2CCCC(C(=O)NCCN)C2)C1. The topological polar surface area (TPSA) is 78.7 Å². The van der Waals surface area contributed by atoms with Crippen LogP contribution >= 0.6 is 0 Å². The van der Waals surface area contributed by atoms with Gasteiger partial charge in [0.25, 0.3) is 0 Å². The minimum absolute atomic E-state index is 0.0118. The van der Waals surface area contributed by atoms with Gasteiger partial charge in [-0.1, -0.05) is 13.8 Å². The molecule has 2 heterocycles. The Morgan fingerprint density at radius 2 is 1.87 bits per heavy atom. The first-order valence-electron chi connectivity index (χ1n) is 8.97. The van der Waals surface area contributed by atoms with Gasteiger partial charge >= 0.3 is 0 Å². The minimum atomic E-state index is -0.0118. The number of carbonyl (C=O) groups is 2. The lowest BCUT2D eigenvalue weighted by molar-refractivity contribution is -0.136. The first kappa shape index (κ1) is 18.2. The summed E-state index contributed by atoms with van der Waals surface area (Å²) in [5, 5.41) is 2.86. The fourth-order valence-electron chi connectivity index (χ4n) is 3.91. The van der Waals surface area contributed by atoms with Gasteiger partial charge in [0.1, 0.15) is 0 Å². The van der Waals surface area contributed by atoms with E-state index in [9.17, 15) is 9.59 Å². The van der Waals surface area contributed by atoms with Gasteiger partial charge in [0, 0.05) is 32.7 Å². The first-order valence-corrected chi connectivity index (χ1v) is 8.97. The number of nitrogens with two attached hydrogens (primary N) is 1. The quantitative estimate of drug-likeness (QED) is 0.761. The molecule has 0 bridgehead atoms. The average Bonchev–Trinajstić information content (AvgIpc) is 2.52. The fourth-order valence-corrected chi connectivity index (χ4v) is 3.91. The number of nitrogens with zero attached hydrogens (tertiary/aromatic N) is 2. The third-order valence-corrected chi connectivity index (χ3v) is 4.90. The monoisotopic (exact) mass is 324 g/mol. The summed E-state index contributed by atoms with van der Waals surface area (Å²) >= 11 is 0. The molecule has 2 rings (SSSR count). The second kappa shape index (κ2) is 8.64. The van der Waals surface area contributed by atoms with Gasteiger partial charge in [0.2, 0.25) is 11.8 Å². The molecule has 132 valence electrons. The van der Waals surface area contributed by atoms with E-state index in [1.807, 2.05) is 4.90 Å². The molecular weight excluding hydrogens is 292 g/mol. The van der Waals surface area contributed by atoms with Crippen LogP contribution in [-0.4, -0.2) is 67.4 Å². The van der Waals surface area contributed by atoms with Crippen molar-refractivity contribution in [3.63, 3.8) is 0 Å². The zero-order chi connectivity index (χ0) is 16.8. The van der Waals surface area contributed by atoms with Gasteiger partial charge in [-0.15, -0.1) is 0 Å². The van der Waals surface area contributed by atoms with Gasteiger partial charge in [-0.2, -0.15) is 0 Å². The maximum atomic E-state index is 12.6. The molecule has 3 N–H and O–H groups in total. The Morgan fingerprint density at radius 1 is 1.17 bits per heavy atom. The summed E-state index contributed by atoms with van der Waals surface area (Å²) in [5.74, 6) is 1.44. The van der Waals surface area contributed by atoms with Crippen molar-refractivity contribution in [3.8, 4) is 0 Å². The second-order valence-corrected chi connectivity index (χ2v) is 7.40. The molecule has 2 aliphatic heterocycles. The summed E-state index contributed by atoms with van der Waals surface area (Å²) in [6.07, 6.45) is 3.08. The molecule has 23 heavy (non-hydrogen) atoms. The van der Waals surface area contributed by atoms with Crippen molar-refractivity contribution in [2.75, 3.05) is 45.8 Å². The van der Waals surface area contributed by atoms with Crippen molar-refractivity contribution in [2.24, 2.45) is 23.5 Å². The first-order chi connectivity index (χ1) is 11.0. The third kappa shape index (κ3) is 5.46. The highest BCUT2D eigenvalue weighted by molar-refractivity contribution is 5.80. The number of rotatable bonds is 5. The van der Waals surface area contributed by atoms with Gasteiger partial charge in [0.05, 0.1) is 12.5 Å². The summed E-state index contributed by atoms with van der Waals surface area (Å²) in [7, 11) is 0. The van der Waals surface area contributed by atoms with Crippen molar-refractivity contribution in [3.05, 3.63) is 0 Å². The molecule has 0 aromatic carbocycles. The number of hydrogen-bond acceptors (Lipinski definition) is 4. The normalized spacial score (nSPS) is 29.3. The largest absolute Gasteiger partial charge is 0.355 e. The van der Waals surface area contributed by atoms with Gasteiger partial charge in [-0.3, -0.25) is 14.5 Å². The zero-order valence-corrected chi connectivity index (χ0v) is 14.6. The zero-order valence-electron chi connectivity index (χ0n) is 14.6. The Morgan fingerprint density at radius 3 is 2.52 bits per heavy atom. The van der Waals surface area contributed by atoms with Crippen LogP contribution in [0.25, 0.3) is 0 Å². The van der Waals surface area contributed by atoms with Gasteiger partial charge in [-0.05, 0) is 37.6 Å². The van der Waals surface area contributed by atoms with Crippen molar-refractivity contribution in [1.29, 1.82) is 0 Å². The maximum Gasteiger partial charge on any atom is 0.236 e. The molecule has 6 nitrogen and oxygen atoms in total. The summed E-state index contributed by atoms with van der Waals surface area (Å²) in [4.78, 5) is 28.8. The molecule has 0 spiro atoms. The van der Waals surface area contributed by atoms with E-state index in [1.54, 1.807) is 0 Å². The van der Waals surface area contributed by atoms with Crippen LogP contribution in [0.1, 0.15) is 33.1 Å². The Hall–Kier alpha value is -1.14. The average molecular weight is 324 g/mol. The molecule has 0 saturated carbocycles. The Labute approximate surface area is 139 Å². The maximum absolute atomic E-state index is 12.6. The number of amides is 2. The smallest absolute Gasteiger partial charge is 0.236 e. The summed E-state index contributed by atoms with van der Waals surface area (Å²) in [5.41, 5.74) is 5.43. The molecule has 2 amide bonds. The summed E-state index contributed by atoms with van der Waals surface area (Å²) < 4.78 is 0. The molecule has 0 aromatic heterocycles. The van der Waals surface area contributed by atoms with Crippen molar-refractivity contribution in [2.45, 2.75) is 33.1 Å².